The molecule has 7 nitrogen and oxygen atoms in total. The third-order valence-corrected chi connectivity index (χ3v) is 5.48. The Labute approximate surface area is 149 Å². The Morgan fingerprint density at radius 1 is 1.04 bits per heavy atom. The molecule has 7 heteroatoms. The molecule has 0 aliphatic carbocycles. The zero-order valence-corrected chi connectivity index (χ0v) is 14.7. The largest absolute Gasteiger partial charge is 0.395 e. The van der Waals surface area contributed by atoms with E-state index in [4.69, 9.17) is 5.11 Å². The number of β-amino-alcohol motifs (C(OH)–C–C–N with tert-alkyl or cyclic N) is 1. The molecule has 1 aromatic rings. The van der Waals surface area contributed by atoms with Gasteiger partial charge in [0.15, 0.2) is 0 Å². The molecule has 1 aromatic carbocycles. The van der Waals surface area contributed by atoms with Crippen molar-refractivity contribution in [3.8, 4) is 0 Å². The van der Waals surface area contributed by atoms with Crippen molar-refractivity contribution in [1.29, 1.82) is 0 Å². The Bertz CT molecular complexity index is 567. The van der Waals surface area contributed by atoms with Crippen molar-refractivity contribution in [3.05, 3.63) is 39.9 Å². The number of hydrogen-bond acceptors (Lipinski definition) is 6. The summed E-state index contributed by atoms with van der Waals surface area (Å²) in [6, 6.07) is 7.68. The quantitative estimate of drug-likeness (QED) is 0.615. The van der Waals surface area contributed by atoms with E-state index in [0.29, 0.717) is 12.6 Å². The number of nitro groups is 1. The molecular weight excluding hydrogens is 320 g/mol. The van der Waals surface area contributed by atoms with Crippen LogP contribution in [0.15, 0.2) is 24.3 Å². The lowest BCUT2D eigenvalue weighted by atomic mass is 10.0. The van der Waals surface area contributed by atoms with Gasteiger partial charge in [0.1, 0.15) is 0 Å². The summed E-state index contributed by atoms with van der Waals surface area (Å²) < 4.78 is 0. The minimum atomic E-state index is -0.284. The Hall–Kier alpha value is -1.54. The number of nitro benzene ring substituents is 1. The molecule has 0 spiro atoms. The first-order chi connectivity index (χ1) is 12.2. The van der Waals surface area contributed by atoms with E-state index in [9.17, 15) is 10.1 Å². The summed E-state index contributed by atoms with van der Waals surface area (Å²) in [5, 5.41) is 20.2. The average molecular weight is 348 g/mol. The maximum absolute atomic E-state index is 11.2. The number of likely N-dealkylation sites (tertiary alicyclic amines) is 1. The minimum absolute atomic E-state index is 0.227. The molecule has 138 valence electrons. The summed E-state index contributed by atoms with van der Waals surface area (Å²) in [6.07, 6.45) is 2.25. The zero-order chi connectivity index (χ0) is 17.6. The second kappa shape index (κ2) is 8.71. The zero-order valence-electron chi connectivity index (χ0n) is 14.7. The number of benzene rings is 1. The Morgan fingerprint density at radius 2 is 1.72 bits per heavy atom. The number of aliphatic hydroxyl groups is 1. The van der Waals surface area contributed by atoms with Gasteiger partial charge in [0, 0.05) is 56.9 Å². The maximum Gasteiger partial charge on any atom is 0.273 e. The third kappa shape index (κ3) is 4.76. The predicted octanol–water partition coefficient (Wildman–Crippen LogP) is 1.17. The van der Waals surface area contributed by atoms with Crippen LogP contribution in [-0.4, -0.2) is 83.2 Å². The molecule has 0 aromatic heterocycles. The van der Waals surface area contributed by atoms with Gasteiger partial charge in [-0.25, -0.2) is 0 Å². The SMILES string of the molecule is O=[N+]([O-])c1ccccc1CN1CCC(N2CCN(CCO)CC2)CC1. The number of aliphatic hydroxyl groups excluding tert-OH is 1. The summed E-state index contributed by atoms with van der Waals surface area (Å²) in [5.74, 6) is 0. The van der Waals surface area contributed by atoms with E-state index in [-0.39, 0.29) is 17.2 Å². The van der Waals surface area contributed by atoms with Crippen LogP contribution in [0.4, 0.5) is 5.69 Å². The molecule has 25 heavy (non-hydrogen) atoms. The lowest BCUT2D eigenvalue weighted by molar-refractivity contribution is -0.385. The molecule has 2 heterocycles. The van der Waals surface area contributed by atoms with Crippen LogP contribution in [0.3, 0.4) is 0 Å². The van der Waals surface area contributed by atoms with E-state index in [1.807, 2.05) is 12.1 Å². The first-order valence-corrected chi connectivity index (χ1v) is 9.19. The topological polar surface area (TPSA) is 73.1 Å². The highest BCUT2D eigenvalue weighted by molar-refractivity contribution is 5.39. The highest BCUT2D eigenvalue weighted by atomic mass is 16.6. The molecule has 0 atom stereocenters. The van der Waals surface area contributed by atoms with Gasteiger partial charge in [0.2, 0.25) is 0 Å². The third-order valence-electron chi connectivity index (χ3n) is 5.48. The van der Waals surface area contributed by atoms with Crippen LogP contribution in [0.25, 0.3) is 0 Å². The Balaban J connectivity index is 1.47. The van der Waals surface area contributed by atoms with Crippen molar-refractivity contribution >= 4 is 5.69 Å². The molecule has 0 unspecified atom stereocenters. The number of rotatable bonds is 6. The molecule has 2 fully saturated rings. The molecule has 0 amide bonds. The summed E-state index contributed by atoms with van der Waals surface area (Å²) in [6.45, 7) is 7.90. The van der Waals surface area contributed by atoms with Crippen LogP contribution in [0, 0.1) is 10.1 Å². The van der Waals surface area contributed by atoms with E-state index < -0.39 is 0 Å². The fourth-order valence-corrected chi connectivity index (χ4v) is 4.00. The van der Waals surface area contributed by atoms with Gasteiger partial charge in [-0.15, -0.1) is 0 Å². The van der Waals surface area contributed by atoms with Crippen molar-refractivity contribution in [2.75, 3.05) is 52.4 Å². The molecule has 2 saturated heterocycles. The lowest BCUT2D eigenvalue weighted by Crippen LogP contribution is -2.53. The smallest absolute Gasteiger partial charge is 0.273 e. The van der Waals surface area contributed by atoms with Crippen LogP contribution in [0.2, 0.25) is 0 Å². The van der Waals surface area contributed by atoms with Crippen molar-refractivity contribution in [2.24, 2.45) is 0 Å². The van der Waals surface area contributed by atoms with E-state index in [1.54, 1.807) is 12.1 Å². The van der Waals surface area contributed by atoms with Crippen molar-refractivity contribution < 1.29 is 10.0 Å². The minimum Gasteiger partial charge on any atom is -0.395 e. The fraction of sp³-hybridized carbons (Fsp3) is 0.667. The van der Waals surface area contributed by atoms with Crippen molar-refractivity contribution in [1.82, 2.24) is 14.7 Å². The monoisotopic (exact) mass is 348 g/mol. The Kier molecular flexibility index (Phi) is 6.36. The highest BCUT2D eigenvalue weighted by Crippen LogP contribution is 2.23. The number of hydrogen-bond donors (Lipinski definition) is 1. The molecular formula is C18H28N4O3. The molecule has 0 bridgehead atoms. The molecule has 3 rings (SSSR count). The van der Waals surface area contributed by atoms with Gasteiger partial charge in [-0.3, -0.25) is 24.8 Å². The maximum atomic E-state index is 11.2. The van der Waals surface area contributed by atoms with Crippen LogP contribution in [-0.2, 0) is 6.54 Å². The summed E-state index contributed by atoms with van der Waals surface area (Å²) >= 11 is 0. The van der Waals surface area contributed by atoms with Gasteiger partial charge < -0.3 is 5.11 Å². The summed E-state index contributed by atoms with van der Waals surface area (Å²) in [4.78, 5) is 18.1. The molecule has 2 aliphatic heterocycles. The van der Waals surface area contributed by atoms with Gasteiger partial charge in [-0.05, 0) is 25.9 Å². The average Bonchev–Trinajstić information content (AvgIpc) is 2.64. The van der Waals surface area contributed by atoms with Crippen LogP contribution in [0.5, 0.6) is 0 Å². The van der Waals surface area contributed by atoms with Gasteiger partial charge in [-0.2, -0.15) is 0 Å². The first-order valence-electron chi connectivity index (χ1n) is 9.19. The second-order valence-corrected chi connectivity index (χ2v) is 6.99. The van der Waals surface area contributed by atoms with Gasteiger partial charge in [0.05, 0.1) is 11.5 Å². The number of piperazine rings is 1. The number of piperidine rings is 1. The summed E-state index contributed by atoms with van der Waals surface area (Å²) in [5.41, 5.74) is 1.04. The lowest BCUT2D eigenvalue weighted by Gasteiger charge is -2.42. The van der Waals surface area contributed by atoms with Crippen LogP contribution >= 0.6 is 0 Å². The highest BCUT2D eigenvalue weighted by Gasteiger charge is 2.28. The summed E-state index contributed by atoms with van der Waals surface area (Å²) in [7, 11) is 0. The Morgan fingerprint density at radius 3 is 2.36 bits per heavy atom. The van der Waals surface area contributed by atoms with Crippen molar-refractivity contribution in [2.45, 2.75) is 25.4 Å². The normalized spacial score (nSPS) is 21.5. The second-order valence-electron chi connectivity index (χ2n) is 6.99. The van der Waals surface area contributed by atoms with E-state index in [2.05, 4.69) is 14.7 Å². The standard InChI is InChI=1S/C18H28N4O3/c23-14-13-19-9-11-21(12-10-19)17-5-7-20(8-6-17)15-16-3-1-2-4-18(16)22(24)25/h1-4,17,23H,5-15H2. The molecule has 1 N–H and O–H groups in total. The van der Waals surface area contributed by atoms with Gasteiger partial charge in [0.25, 0.3) is 5.69 Å². The van der Waals surface area contributed by atoms with E-state index in [0.717, 1.165) is 64.2 Å². The van der Waals surface area contributed by atoms with Gasteiger partial charge >= 0.3 is 0 Å². The van der Waals surface area contributed by atoms with E-state index >= 15 is 0 Å². The molecule has 2 aliphatic rings. The van der Waals surface area contributed by atoms with Crippen LogP contribution in [0.1, 0.15) is 18.4 Å². The molecule has 0 saturated carbocycles. The first kappa shape index (κ1) is 18.3. The fourth-order valence-electron chi connectivity index (χ4n) is 4.00. The van der Waals surface area contributed by atoms with Gasteiger partial charge in [-0.1, -0.05) is 18.2 Å². The molecule has 0 radical (unpaired) electrons. The number of nitrogens with zero attached hydrogens (tertiary/aromatic N) is 4. The van der Waals surface area contributed by atoms with Crippen molar-refractivity contribution in [3.63, 3.8) is 0 Å². The predicted molar refractivity (Wildman–Crippen MR) is 96.5 cm³/mol. The number of para-hydroxylation sites is 1. The van der Waals surface area contributed by atoms with E-state index in [1.165, 1.54) is 0 Å². The van der Waals surface area contributed by atoms with Crippen LogP contribution < -0.4 is 0 Å².